The molecule has 56 valence electrons. The van der Waals surface area contributed by atoms with Gasteiger partial charge in [-0.3, -0.25) is 0 Å². The molecule has 0 unspecified atom stereocenters. The number of hydrogen-bond acceptors (Lipinski definition) is 4. The average Bonchev–Trinajstić information content (AvgIpc) is 2.64. The lowest BCUT2D eigenvalue weighted by Crippen LogP contribution is -1.69. The molecule has 0 atom stereocenters. The van der Waals surface area contributed by atoms with Gasteiger partial charge in [0.05, 0.1) is 6.54 Å². The van der Waals surface area contributed by atoms with Gasteiger partial charge in [-0.05, 0) is 18.2 Å². The largest absolute Gasteiger partial charge is 0.185 e. The predicted molar refractivity (Wildman–Crippen MR) is 40.9 cm³/mol. The van der Waals surface area contributed by atoms with E-state index in [1.54, 1.807) is 18.6 Å². The van der Waals surface area contributed by atoms with E-state index in [1.165, 1.54) is 0 Å². The van der Waals surface area contributed by atoms with E-state index in [4.69, 9.17) is 0 Å². The van der Waals surface area contributed by atoms with Crippen LogP contribution in [0.2, 0.25) is 0 Å². The minimum atomic E-state index is 0.778. The van der Waals surface area contributed by atoms with Crippen LogP contribution in [0.4, 0.5) is 0 Å². The van der Waals surface area contributed by atoms with Crippen molar-refractivity contribution in [2.24, 2.45) is 10.2 Å². The molecule has 0 radical (unpaired) electrons. The van der Waals surface area contributed by atoms with Gasteiger partial charge in [-0.25, -0.2) is 0 Å². The van der Waals surface area contributed by atoms with Gasteiger partial charge in [0, 0.05) is 18.6 Å². The summed E-state index contributed by atoms with van der Waals surface area (Å²) in [4.78, 5) is 0. The van der Waals surface area contributed by atoms with Gasteiger partial charge < -0.3 is 0 Å². The Labute approximate surface area is 64.7 Å². The van der Waals surface area contributed by atoms with Crippen molar-refractivity contribution in [3.63, 3.8) is 0 Å². The highest BCUT2D eigenvalue weighted by Crippen LogP contribution is 1.86. The molecule has 0 bridgehead atoms. The molecule has 0 aromatic carbocycles. The molecule has 0 N–H and O–H groups in total. The Morgan fingerprint density at radius 2 is 1.73 bits per heavy atom. The molecule has 1 aromatic rings. The summed E-state index contributed by atoms with van der Waals surface area (Å²) in [5, 5.41) is 14.2. The quantitative estimate of drug-likeness (QED) is 0.559. The number of rotatable bonds is 0. The first-order valence-electron chi connectivity index (χ1n) is 3.23. The van der Waals surface area contributed by atoms with E-state index in [2.05, 4.69) is 20.4 Å². The van der Waals surface area contributed by atoms with E-state index >= 15 is 0 Å². The smallest absolute Gasteiger partial charge is 0.0802 e. The molecular formula is C7H8N4. The minimum Gasteiger partial charge on any atom is -0.185 e. The Hall–Kier alpha value is -1.58. The van der Waals surface area contributed by atoms with Crippen LogP contribution in [0.1, 0.15) is 0 Å². The molecule has 2 rings (SSSR count). The first-order valence-corrected chi connectivity index (χ1v) is 3.23. The van der Waals surface area contributed by atoms with Gasteiger partial charge in [0.25, 0.3) is 0 Å². The van der Waals surface area contributed by atoms with Crippen LogP contribution in [0, 0.1) is 0 Å². The summed E-state index contributed by atoms with van der Waals surface area (Å²) in [6.45, 7) is 0.778. The molecule has 0 saturated carbocycles. The summed E-state index contributed by atoms with van der Waals surface area (Å²) in [6.07, 6.45) is 6.88. The SMILES string of the molecule is C1=CN=NC1.c1ccnnc1. The fourth-order valence-electron chi connectivity index (χ4n) is 0.489. The third kappa shape index (κ3) is 3.91. The second kappa shape index (κ2) is 5.22. The summed E-state index contributed by atoms with van der Waals surface area (Å²) in [7, 11) is 0. The van der Waals surface area contributed by atoms with Crippen molar-refractivity contribution in [2.75, 3.05) is 6.54 Å². The number of azo groups is 1. The molecule has 0 amide bonds. The molecule has 4 nitrogen and oxygen atoms in total. The third-order valence-electron chi connectivity index (χ3n) is 0.924. The van der Waals surface area contributed by atoms with Crippen LogP contribution in [-0.4, -0.2) is 16.7 Å². The van der Waals surface area contributed by atoms with E-state index in [0.717, 1.165) is 6.54 Å². The van der Waals surface area contributed by atoms with Crippen LogP contribution < -0.4 is 0 Å². The minimum absolute atomic E-state index is 0.778. The van der Waals surface area contributed by atoms with Gasteiger partial charge in [0.15, 0.2) is 0 Å². The Balaban J connectivity index is 0.000000112. The van der Waals surface area contributed by atoms with Gasteiger partial charge in [-0.2, -0.15) is 20.4 Å². The number of hydrogen-bond donors (Lipinski definition) is 0. The second-order valence-electron chi connectivity index (χ2n) is 1.74. The Morgan fingerprint density at radius 1 is 1.00 bits per heavy atom. The number of nitrogens with zero attached hydrogens (tertiary/aromatic N) is 4. The Morgan fingerprint density at radius 3 is 1.91 bits per heavy atom. The van der Waals surface area contributed by atoms with Crippen molar-refractivity contribution in [1.82, 2.24) is 10.2 Å². The van der Waals surface area contributed by atoms with Crippen molar-refractivity contribution in [3.8, 4) is 0 Å². The van der Waals surface area contributed by atoms with Crippen LogP contribution >= 0.6 is 0 Å². The second-order valence-corrected chi connectivity index (χ2v) is 1.74. The van der Waals surface area contributed by atoms with Gasteiger partial charge in [0.1, 0.15) is 0 Å². The highest BCUT2D eigenvalue weighted by molar-refractivity contribution is 4.84. The van der Waals surface area contributed by atoms with Gasteiger partial charge in [-0.15, -0.1) is 0 Å². The highest BCUT2D eigenvalue weighted by Gasteiger charge is 1.74. The summed E-state index contributed by atoms with van der Waals surface area (Å²) < 4.78 is 0. The van der Waals surface area contributed by atoms with E-state index in [-0.39, 0.29) is 0 Å². The van der Waals surface area contributed by atoms with Gasteiger partial charge in [-0.1, -0.05) is 0 Å². The topological polar surface area (TPSA) is 50.5 Å². The van der Waals surface area contributed by atoms with Crippen molar-refractivity contribution in [1.29, 1.82) is 0 Å². The van der Waals surface area contributed by atoms with Crippen LogP contribution in [0.5, 0.6) is 0 Å². The molecule has 0 fully saturated rings. The zero-order chi connectivity index (χ0) is 7.78. The van der Waals surface area contributed by atoms with Crippen LogP contribution in [0.3, 0.4) is 0 Å². The maximum atomic E-state index is 3.60. The average molecular weight is 148 g/mol. The molecule has 4 heteroatoms. The van der Waals surface area contributed by atoms with Gasteiger partial charge in [0.2, 0.25) is 0 Å². The first kappa shape index (κ1) is 7.53. The predicted octanol–water partition coefficient (Wildman–Crippen LogP) is 1.44. The summed E-state index contributed by atoms with van der Waals surface area (Å²) in [6, 6.07) is 3.65. The number of aromatic nitrogens is 2. The molecule has 1 aliphatic heterocycles. The maximum absolute atomic E-state index is 3.60. The Bertz CT molecular complexity index is 193. The van der Waals surface area contributed by atoms with E-state index < -0.39 is 0 Å². The summed E-state index contributed by atoms with van der Waals surface area (Å²) in [5.41, 5.74) is 0. The molecule has 0 spiro atoms. The van der Waals surface area contributed by atoms with Crippen molar-refractivity contribution in [2.45, 2.75) is 0 Å². The standard InChI is InChI=1S/C4H4N2.C3H4N2/c1-2-4-6-5-3-1;1-2-4-5-3-1/h1-4H;1-2H,3H2. The van der Waals surface area contributed by atoms with Crippen LogP contribution in [-0.2, 0) is 0 Å². The zero-order valence-electron chi connectivity index (χ0n) is 5.96. The zero-order valence-corrected chi connectivity index (χ0v) is 5.96. The fraction of sp³-hybridized carbons (Fsp3) is 0.143. The lowest BCUT2D eigenvalue weighted by molar-refractivity contribution is 1.03. The van der Waals surface area contributed by atoms with E-state index in [1.807, 2.05) is 18.2 Å². The van der Waals surface area contributed by atoms with Gasteiger partial charge >= 0.3 is 0 Å². The molecular weight excluding hydrogens is 140 g/mol. The molecule has 2 heterocycles. The molecule has 11 heavy (non-hydrogen) atoms. The monoisotopic (exact) mass is 148 g/mol. The first-order chi connectivity index (χ1) is 5.50. The molecule has 0 aliphatic carbocycles. The maximum Gasteiger partial charge on any atom is 0.0802 e. The Kier molecular flexibility index (Phi) is 3.57. The van der Waals surface area contributed by atoms with E-state index in [0.29, 0.717) is 0 Å². The lowest BCUT2D eigenvalue weighted by Gasteiger charge is -1.69. The van der Waals surface area contributed by atoms with Crippen molar-refractivity contribution >= 4 is 0 Å². The fourth-order valence-corrected chi connectivity index (χ4v) is 0.489. The van der Waals surface area contributed by atoms with Crippen LogP contribution in [0.15, 0.2) is 47.0 Å². The van der Waals surface area contributed by atoms with Crippen LogP contribution in [0.25, 0.3) is 0 Å². The highest BCUT2D eigenvalue weighted by atomic mass is 15.1. The molecule has 1 aromatic heterocycles. The van der Waals surface area contributed by atoms with Crippen molar-refractivity contribution in [3.05, 3.63) is 36.8 Å². The van der Waals surface area contributed by atoms with E-state index in [9.17, 15) is 0 Å². The normalized spacial score (nSPS) is 12.4. The molecule has 1 aliphatic rings. The summed E-state index contributed by atoms with van der Waals surface area (Å²) >= 11 is 0. The third-order valence-corrected chi connectivity index (χ3v) is 0.924. The molecule has 0 saturated heterocycles. The summed E-state index contributed by atoms with van der Waals surface area (Å²) in [5.74, 6) is 0. The van der Waals surface area contributed by atoms with Crippen molar-refractivity contribution < 1.29 is 0 Å². The lowest BCUT2D eigenvalue weighted by atomic mass is 10.6.